The molecule has 3 rings (SSSR count). The van der Waals surface area contributed by atoms with Crippen LogP contribution in [0.1, 0.15) is 33.6 Å². The third-order valence-electron chi connectivity index (χ3n) is 4.20. The summed E-state index contributed by atoms with van der Waals surface area (Å²) in [6.45, 7) is 0.177. The Morgan fingerprint density at radius 1 is 1.11 bits per heavy atom. The second kappa shape index (κ2) is 7.77. The largest absolute Gasteiger partial charge is 0.454 e. The van der Waals surface area contributed by atoms with E-state index in [1.807, 2.05) is 0 Å². The molecule has 2 aromatic rings. The van der Waals surface area contributed by atoms with Crippen LogP contribution in [0.15, 0.2) is 48.5 Å². The van der Waals surface area contributed by atoms with E-state index < -0.39 is 23.3 Å². The van der Waals surface area contributed by atoms with Crippen LogP contribution in [0.25, 0.3) is 0 Å². The lowest BCUT2D eigenvalue weighted by molar-refractivity contribution is -0.384. The lowest BCUT2D eigenvalue weighted by Gasteiger charge is -2.15. The summed E-state index contributed by atoms with van der Waals surface area (Å²) in [6.07, 6.45) is 1.33. The van der Waals surface area contributed by atoms with Gasteiger partial charge in [0.25, 0.3) is 5.69 Å². The molecule has 0 aromatic heterocycles. The number of hydrogen-bond donors (Lipinski definition) is 0. The van der Waals surface area contributed by atoms with Gasteiger partial charge in [-0.3, -0.25) is 19.7 Å². The number of rotatable bonds is 6. The van der Waals surface area contributed by atoms with Crippen molar-refractivity contribution in [2.24, 2.45) is 0 Å². The van der Waals surface area contributed by atoms with E-state index in [9.17, 15) is 24.5 Å². The standard InChI is InChI=1S/C19H16N2O6/c22-17(12-27-19(24)14-3-1-4-16(11-14)21(25)26)13-6-8-15(9-7-13)20-10-2-5-18(20)23/h1,3-4,6-9,11H,2,5,10,12H2. The average molecular weight is 368 g/mol. The molecule has 0 N–H and O–H groups in total. The highest BCUT2D eigenvalue weighted by Crippen LogP contribution is 2.22. The van der Waals surface area contributed by atoms with E-state index in [1.54, 1.807) is 29.2 Å². The van der Waals surface area contributed by atoms with Crippen molar-refractivity contribution >= 4 is 29.0 Å². The zero-order chi connectivity index (χ0) is 19.4. The van der Waals surface area contributed by atoms with Crippen molar-refractivity contribution in [2.75, 3.05) is 18.1 Å². The van der Waals surface area contributed by atoms with Crippen LogP contribution in [-0.4, -0.2) is 35.7 Å². The number of nitro groups is 1. The van der Waals surface area contributed by atoms with Crippen molar-refractivity contribution in [3.8, 4) is 0 Å². The molecule has 27 heavy (non-hydrogen) atoms. The molecule has 0 spiro atoms. The van der Waals surface area contributed by atoms with Crippen molar-refractivity contribution in [1.82, 2.24) is 0 Å². The Labute approximate surface area is 154 Å². The number of benzene rings is 2. The Hall–Kier alpha value is -3.55. The van der Waals surface area contributed by atoms with Gasteiger partial charge in [0.15, 0.2) is 12.4 Å². The maximum absolute atomic E-state index is 12.2. The molecule has 138 valence electrons. The van der Waals surface area contributed by atoms with Gasteiger partial charge in [-0.25, -0.2) is 4.79 Å². The van der Waals surface area contributed by atoms with Crippen molar-refractivity contribution < 1.29 is 24.0 Å². The summed E-state index contributed by atoms with van der Waals surface area (Å²) >= 11 is 0. The number of nitrogens with zero attached hydrogens (tertiary/aromatic N) is 2. The maximum Gasteiger partial charge on any atom is 0.338 e. The smallest absolute Gasteiger partial charge is 0.338 e. The zero-order valence-corrected chi connectivity index (χ0v) is 14.3. The van der Waals surface area contributed by atoms with Gasteiger partial charge in [0.1, 0.15) is 0 Å². The fourth-order valence-corrected chi connectivity index (χ4v) is 2.79. The Balaban J connectivity index is 1.60. The fraction of sp³-hybridized carbons (Fsp3) is 0.211. The topological polar surface area (TPSA) is 107 Å². The monoisotopic (exact) mass is 368 g/mol. The molecule has 1 heterocycles. The van der Waals surface area contributed by atoms with Crippen LogP contribution in [0, 0.1) is 10.1 Å². The summed E-state index contributed by atoms with van der Waals surface area (Å²) in [6, 6.07) is 11.6. The van der Waals surface area contributed by atoms with Crippen LogP contribution in [0.5, 0.6) is 0 Å². The van der Waals surface area contributed by atoms with Crippen molar-refractivity contribution in [3.05, 3.63) is 69.8 Å². The molecule has 8 nitrogen and oxygen atoms in total. The van der Waals surface area contributed by atoms with E-state index in [4.69, 9.17) is 4.74 Å². The van der Waals surface area contributed by atoms with E-state index >= 15 is 0 Å². The number of esters is 1. The summed E-state index contributed by atoms with van der Waals surface area (Å²) in [7, 11) is 0. The Kier molecular flexibility index (Phi) is 5.25. The minimum absolute atomic E-state index is 0.0000984. The second-order valence-electron chi connectivity index (χ2n) is 6.00. The molecular formula is C19H16N2O6. The van der Waals surface area contributed by atoms with Gasteiger partial charge < -0.3 is 9.64 Å². The predicted octanol–water partition coefficient (Wildman–Crippen LogP) is 2.76. The molecule has 0 radical (unpaired) electrons. The molecule has 0 atom stereocenters. The van der Waals surface area contributed by atoms with Crippen molar-refractivity contribution in [2.45, 2.75) is 12.8 Å². The Morgan fingerprint density at radius 2 is 1.85 bits per heavy atom. The van der Waals surface area contributed by atoms with Crippen molar-refractivity contribution in [3.63, 3.8) is 0 Å². The number of ketones is 1. The number of carbonyl (C=O) groups is 3. The lowest BCUT2D eigenvalue weighted by Crippen LogP contribution is -2.23. The minimum atomic E-state index is -0.814. The minimum Gasteiger partial charge on any atom is -0.454 e. The van der Waals surface area contributed by atoms with Gasteiger partial charge in [-0.2, -0.15) is 0 Å². The summed E-state index contributed by atoms with van der Waals surface area (Å²) in [5.41, 5.74) is 0.836. The summed E-state index contributed by atoms with van der Waals surface area (Å²) in [5.74, 6) is -1.17. The molecule has 1 fully saturated rings. The van der Waals surface area contributed by atoms with Crippen LogP contribution in [0.3, 0.4) is 0 Å². The lowest BCUT2D eigenvalue weighted by atomic mass is 10.1. The number of hydrogen-bond acceptors (Lipinski definition) is 6. The average Bonchev–Trinajstić information content (AvgIpc) is 3.12. The van der Waals surface area contributed by atoms with Gasteiger partial charge in [-0.15, -0.1) is 0 Å². The van der Waals surface area contributed by atoms with E-state index in [2.05, 4.69) is 0 Å². The molecule has 0 unspecified atom stereocenters. The highest BCUT2D eigenvalue weighted by molar-refractivity contribution is 6.00. The molecule has 2 aromatic carbocycles. The van der Waals surface area contributed by atoms with Crippen LogP contribution in [-0.2, 0) is 9.53 Å². The molecule has 0 bridgehead atoms. The van der Waals surface area contributed by atoms with Crippen LogP contribution in [0.2, 0.25) is 0 Å². The molecule has 1 aliphatic heterocycles. The number of amides is 1. The SMILES string of the molecule is O=C(COC(=O)c1cccc([N+](=O)[O-])c1)c1ccc(N2CCCC2=O)cc1. The molecule has 1 amide bonds. The van der Waals surface area contributed by atoms with Crippen LogP contribution in [0.4, 0.5) is 11.4 Å². The highest BCUT2D eigenvalue weighted by Gasteiger charge is 2.22. The van der Waals surface area contributed by atoms with Gasteiger partial charge in [-0.05, 0) is 36.8 Å². The van der Waals surface area contributed by atoms with Gasteiger partial charge in [-0.1, -0.05) is 6.07 Å². The van der Waals surface area contributed by atoms with E-state index in [0.29, 0.717) is 18.5 Å². The number of carbonyl (C=O) groups excluding carboxylic acids is 3. The quantitative estimate of drug-likeness (QED) is 0.336. The number of ether oxygens (including phenoxy) is 1. The second-order valence-corrected chi connectivity index (χ2v) is 6.00. The van der Waals surface area contributed by atoms with Gasteiger partial charge in [0, 0.05) is 36.3 Å². The molecule has 0 saturated carbocycles. The first-order valence-corrected chi connectivity index (χ1v) is 8.31. The maximum atomic E-state index is 12.2. The molecule has 8 heteroatoms. The number of anilines is 1. The first kappa shape index (κ1) is 18.2. The molecule has 1 aliphatic rings. The highest BCUT2D eigenvalue weighted by atomic mass is 16.6. The molecular weight excluding hydrogens is 352 g/mol. The Bertz CT molecular complexity index is 907. The van der Waals surface area contributed by atoms with Gasteiger partial charge in [0.05, 0.1) is 10.5 Å². The van der Waals surface area contributed by atoms with Gasteiger partial charge in [0.2, 0.25) is 5.91 Å². The Morgan fingerprint density at radius 3 is 2.48 bits per heavy atom. The number of non-ortho nitro benzene ring substituents is 1. The third kappa shape index (κ3) is 4.17. The first-order valence-electron chi connectivity index (χ1n) is 8.31. The molecule has 0 aliphatic carbocycles. The van der Waals surface area contributed by atoms with Crippen LogP contribution < -0.4 is 4.90 Å². The summed E-state index contributed by atoms with van der Waals surface area (Å²) in [4.78, 5) is 47.7. The first-order chi connectivity index (χ1) is 13.0. The predicted molar refractivity (Wildman–Crippen MR) is 95.7 cm³/mol. The number of nitro benzene ring substituents is 1. The van der Waals surface area contributed by atoms with E-state index in [0.717, 1.165) is 18.2 Å². The zero-order valence-electron chi connectivity index (χ0n) is 14.3. The normalized spacial score (nSPS) is 13.5. The number of Topliss-reactive ketones (excluding diaryl/α,β-unsaturated/α-hetero) is 1. The van der Waals surface area contributed by atoms with Gasteiger partial charge >= 0.3 is 5.97 Å². The molecule has 1 saturated heterocycles. The van der Waals surface area contributed by atoms with Crippen LogP contribution >= 0.6 is 0 Å². The van der Waals surface area contributed by atoms with E-state index in [1.165, 1.54) is 18.2 Å². The van der Waals surface area contributed by atoms with Crippen molar-refractivity contribution in [1.29, 1.82) is 0 Å². The van der Waals surface area contributed by atoms with E-state index in [-0.39, 0.29) is 17.2 Å². The summed E-state index contributed by atoms with van der Waals surface area (Å²) in [5, 5.41) is 10.7. The third-order valence-corrected chi connectivity index (χ3v) is 4.20. The summed E-state index contributed by atoms with van der Waals surface area (Å²) < 4.78 is 4.95. The fourth-order valence-electron chi connectivity index (χ4n) is 2.79.